The standard InChI is InChI=1S/C23H38N4O6S/c1-16-13-27(17(2)15-28)23(30)19-12-18(24-22(29)8-7-11-25(3)4)9-10-20(19)33-21(16)14-26(5)34(6,31)32/h9-10,12,16-17,21,28H,7-8,11,13-15H2,1-6H3,(H,24,29)/t16-,17-,21+/m1/s1. The lowest BCUT2D eigenvalue weighted by molar-refractivity contribution is -0.116. The number of aliphatic hydroxyl groups is 1. The van der Waals surface area contributed by atoms with Crippen LogP contribution in [0.25, 0.3) is 0 Å². The van der Waals surface area contributed by atoms with Gasteiger partial charge in [0.2, 0.25) is 15.9 Å². The highest BCUT2D eigenvalue weighted by Crippen LogP contribution is 2.31. The van der Waals surface area contributed by atoms with E-state index in [1.54, 1.807) is 30.0 Å². The molecular formula is C23H38N4O6S. The molecule has 2 N–H and O–H groups in total. The second kappa shape index (κ2) is 12.0. The van der Waals surface area contributed by atoms with Gasteiger partial charge >= 0.3 is 0 Å². The van der Waals surface area contributed by atoms with Crippen LogP contribution in [0.4, 0.5) is 5.69 Å². The fourth-order valence-electron chi connectivity index (χ4n) is 3.69. The molecule has 0 saturated carbocycles. The van der Waals surface area contributed by atoms with Gasteiger partial charge in [0.25, 0.3) is 5.91 Å². The van der Waals surface area contributed by atoms with Crippen LogP contribution in [0.3, 0.4) is 0 Å². The van der Waals surface area contributed by atoms with E-state index in [2.05, 4.69) is 5.32 Å². The Morgan fingerprint density at radius 2 is 2.00 bits per heavy atom. The highest BCUT2D eigenvalue weighted by Gasteiger charge is 2.34. The maximum Gasteiger partial charge on any atom is 0.258 e. The number of hydrogen-bond acceptors (Lipinski definition) is 7. The van der Waals surface area contributed by atoms with Crippen LogP contribution in [-0.2, 0) is 14.8 Å². The number of carbonyl (C=O) groups excluding carboxylic acids is 2. The smallest absolute Gasteiger partial charge is 0.258 e. The summed E-state index contributed by atoms with van der Waals surface area (Å²) in [6.45, 7) is 4.60. The molecule has 192 valence electrons. The molecule has 2 rings (SSSR count). The number of aliphatic hydroxyl groups excluding tert-OH is 1. The average Bonchev–Trinajstić information content (AvgIpc) is 2.75. The molecule has 3 atom stereocenters. The van der Waals surface area contributed by atoms with E-state index in [0.29, 0.717) is 24.3 Å². The molecule has 0 spiro atoms. The maximum absolute atomic E-state index is 13.4. The van der Waals surface area contributed by atoms with E-state index in [0.717, 1.165) is 12.8 Å². The molecule has 2 amide bonds. The lowest BCUT2D eigenvalue weighted by atomic mass is 9.99. The van der Waals surface area contributed by atoms with E-state index in [9.17, 15) is 23.1 Å². The predicted octanol–water partition coefficient (Wildman–Crippen LogP) is 1.08. The van der Waals surface area contributed by atoms with Gasteiger partial charge in [-0.3, -0.25) is 9.59 Å². The van der Waals surface area contributed by atoms with Gasteiger partial charge in [0.05, 0.1) is 31.0 Å². The lowest BCUT2D eigenvalue weighted by Gasteiger charge is -2.38. The number of nitrogens with one attached hydrogen (secondary N) is 1. The Bertz CT molecular complexity index is 968. The van der Waals surface area contributed by atoms with Gasteiger partial charge < -0.3 is 25.0 Å². The van der Waals surface area contributed by atoms with Crippen molar-refractivity contribution in [2.45, 2.75) is 38.8 Å². The van der Waals surface area contributed by atoms with E-state index in [4.69, 9.17) is 4.74 Å². The highest BCUT2D eigenvalue weighted by molar-refractivity contribution is 7.88. The molecule has 0 radical (unpaired) electrons. The molecule has 1 heterocycles. The molecule has 0 saturated heterocycles. The van der Waals surface area contributed by atoms with Crippen molar-refractivity contribution in [1.82, 2.24) is 14.1 Å². The molecule has 1 aromatic rings. The quantitative estimate of drug-likeness (QED) is 0.495. The summed E-state index contributed by atoms with van der Waals surface area (Å²) in [5.41, 5.74) is 0.728. The van der Waals surface area contributed by atoms with Crippen LogP contribution in [0.2, 0.25) is 0 Å². The minimum Gasteiger partial charge on any atom is -0.488 e. The maximum atomic E-state index is 13.4. The normalized spacial score (nSPS) is 19.9. The van der Waals surface area contributed by atoms with Crippen LogP contribution in [0.5, 0.6) is 5.75 Å². The SMILES string of the molecule is C[C@@H]1CN([C@H](C)CO)C(=O)c2cc(NC(=O)CCCN(C)C)ccc2O[C@H]1CN(C)S(C)(=O)=O. The van der Waals surface area contributed by atoms with Gasteiger partial charge in [0, 0.05) is 31.6 Å². The summed E-state index contributed by atoms with van der Waals surface area (Å²) in [5, 5.41) is 12.6. The van der Waals surface area contributed by atoms with E-state index < -0.39 is 22.2 Å². The van der Waals surface area contributed by atoms with Gasteiger partial charge in [0.1, 0.15) is 11.9 Å². The topological polar surface area (TPSA) is 119 Å². The number of carbonyl (C=O) groups is 2. The molecule has 11 heteroatoms. The zero-order chi connectivity index (χ0) is 25.6. The molecule has 0 aromatic heterocycles. The van der Waals surface area contributed by atoms with Crippen molar-refractivity contribution in [1.29, 1.82) is 0 Å². The molecule has 10 nitrogen and oxygen atoms in total. The molecule has 1 aliphatic heterocycles. The fraction of sp³-hybridized carbons (Fsp3) is 0.652. The molecule has 1 aliphatic rings. The van der Waals surface area contributed by atoms with Crippen LogP contribution in [0.1, 0.15) is 37.0 Å². The first-order chi connectivity index (χ1) is 15.8. The summed E-state index contributed by atoms with van der Waals surface area (Å²) in [7, 11) is 1.95. The summed E-state index contributed by atoms with van der Waals surface area (Å²) in [5.74, 6) is -0.361. The minimum absolute atomic E-state index is 0.110. The third-order valence-electron chi connectivity index (χ3n) is 5.96. The number of hydrogen-bond donors (Lipinski definition) is 2. The summed E-state index contributed by atoms with van der Waals surface area (Å²) in [4.78, 5) is 29.3. The number of sulfonamides is 1. The molecule has 0 bridgehead atoms. The predicted molar refractivity (Wildman–Crippen MR) is 131 cm³/mol. The van der Waals surface area contributed by atoms with E-state index in [1.807, 2.05) is 25.9 Å². The van der Waals surface area contributed by atoms with Gasteiger partial charge in [-0.05, 0) is 52.2 Å². The third-order valence-corrected chi connectivity index (χ3v) is 7.24. The second-order valence-corrected chi connectivity index (χ2v) is 11.4. The number of amides is 2. The number of anilines is 1. The Hall–Kier alpha value is -2.21. The molecule has 0 aliphatic carbocycles. The average molecular weight is 499 g/mol. The number of fused-ring (bicyclic) bond motifs is 1. The zero-order valence-corrected chi connectivity index (χ0v) is 21.8. The van der Waals surface area contributed by atoms with Crippen molar-refractivity contribution >= 4 is 27.5 Å². The monoisotopic (exact) mass is 498 g/mol. The Morgan fingerprint density at radius 1 is 1.32 bits per heavy atom. The van der Waals surface area contributed by atoms with Gasteiger partial charge in [-0.1, -0.05) is 6.92 Å². The summed E-state index contributed by atoms with van der Waals surface area (Å²) in [6.07, 6.45) is 1.67. The summed E-state index contributed by atoms with van der Waals surface area (Å²) < 4.78 is 31.3. The van der Waals surface area contributed by atoms with Gasteiger partial charge in [-0.2, -0.15) is 0 Å². The summed E-state index contributed by atoms with van der Waals surface area (Å²) >= 11 is 0. The van der Waals surface area contributed by atoms with Crippen molar-refractivity contribution < 1.29 is 27.9 Å². The second-order valence-electron chi connectivity index (χ2n) is 9.33. The third kappa shape index (κ3) is 7.66. The Labute approximate surface area is 202 Å². The van der Waals surface area contributed by atoms with E-state index in [1.165, 1.54) is 11.4 Å². The van der Waals surface area contributed by atoms with Gasteiger partial charge in [-0.15, -0.1) is 0 Å². The highest BCUT2D eigenvalue weighted by atomic mass is 32.2. The van der Waals surface area contributed by atoms with Crippen molar-refractivity contribution in [2.75, 3.05) is 59.0 Å². The van der Waals surface area contributed by atoms with Crippen LogP contribution < -0.4 is 10.1 Å². The number of rotatable bonds is 10. The fourth-order valence-corrected chi connectivity index (χ4v) is 4.10. The first kappa shape index (κ1) is 28.0. The van der Waals surface area contributed by atoms with Crippen LogP contribution >= 0.6 is 0 Å². The molecular weight excluding hydrogens is 460 g/mol. The Kier molecular flexibility index (Phi) is 9.86. The van der Waals surface area contributed by atoms with Gasteiger partial charge in [-0.25, -0.2) is 12.7 Å². The number of benzene rings is 1. The first-order valence-electron chi connectivity index (χ1n) is 11.4. The van der Waals surface area contributed by atoms with Gasteiger partial charge in [0.15, 0.2) is 0 Å². The van der Waals surface area contributed by atoms with Crippen LogP contribution in [0.15, 0.2) is 18.2 Å². The number of nitrogens with zero attached hydrogens (tertiary/aromatic N) is 3. The zero-order valence-electron chi connectivity index (χ0n) is 20.9. The van der Waals surface area contributed by atoms with Crippen molar-refractivity contribution in [3.8, 4) is 5.75 Å². The molecule has 1 aromatic carbocycles. The largest absolute Gasteiger partial charge is 0.488 e. The lowest BCUT2D eigenvalue weighted by Crippen LogP contribution is -2.50. The first-order valence-corrected chi connectivity index (χ1v) is 13.3. The van der Waals surface area contributed by atoms with Crippen LogP contribution in [0, 0.1) is 5.92 Å². The summed E-state index contributed by atoms with van der Waals surface area (Å²) in [6, 6.07) is 4.42. The molecule has 34 heavy (non-hydrogen) atoms. The van der Waals surface area contributed by atoms with Crippen molar-refractivity contribution in [3.05, 3.63) is 23.8 Å². The Balaban J connectivity index is 2.35. The van der Waals surface area contributed by atoms with E-state index in [-0.39, 0.29) is 43.0 Å². The number of likely N-dealkylation sites (N-methyl/N-ethyl adjacent to an activating group) is 1. The minimum atomic E-state index is -3.42. The number of ether oxygens (including phenoxy) is 1. The van der Waals surface area contributed by atoms with Crippen molar-refractivity contribution in [3.63, 3.8) is 0 Å². The van der Waals surface area contributed by atoms with Crippen molar-refractivity contribution in [2.24, 2.45) is 5.92 Å². The van der Waals surface area contributed by atoms with Crippen LogP contribution in [-0.4, -0.2) is 105 Å². The van der Waals surface area contributed by atoms with E-state index >= 15 is 0 Å². The molecule has 0 fully saturated rings. The Morgan fingerprint density at radius 3 is 2.59 bits per heavy atom. The molecule has 0 unspecified atom stereocenters.